The summed E-state index contributed by atoms with van der Waals surface area (Å²) in [6.45, 7) is 0. The molecule has 0 unspecified atom stereocenters. The van der Waals surface area contributed by atoms with Gasteiger partial charge >= 0.3 is 0 Å². The number of hydrogen-bond acceptors (Lipinski definition) is 3. The van der Waals surface area contributed by atoms with Crippen LogP contribution in [0.3, 0.4) is 0 Å². The van der Waals surface area contributed by atoms with Crippen LogP contribution in [-0.2, 0) is 20.1 Å². The van der Waals surface area contributed by atoms with Gasteiger partial charge in [-0.25, -0.2) is 0 Å². The first-order valence-corrected chi connectivity index (χ1v) is 5.44. The number of ether oxygens (including phenoxy) is 1. The summed E-state index contributed by atoms with van der Waals surface area (Å²) in [6.07, 6.45) is 0. The normalized spacial score (nSPS) is 10.3. The van der Waals surface area contributed by atoms with Crippen molar-refractivity contribution < 1.29 is 24.8 Å². The molecular formula is C12H8IrNOS-. The van der Waals surface area contributed by atoms with Gasteiger partial charge in [-0.2, -0.15) is 0 Å². The largest absolute Gasteiger partial charge is 0.474 e. The van der Waals surface area contributed by atoms with Gasteiger partial charge in [0.25, 0.3) is 5.19 Å². The van der Waals surface area contributed by atoms with Crippen molar-refractivity contribution in [3.8, 4) is 5.19 Å². The van der Waals surface area contributed by atoms with Gasteiger partial charge in [-0.05, 0) is 0 Å². The Morgan fingerprint density at radius 3 is 3.00 bits per heavy atom. The Morgan fingerprint density at radius 1 is 1.31 bits per heavy atom. The summed E-state index contributed by atoms with van der Waals surface area (Å²) in [7, 11) is 1.64. The van der Waals surface area contributed by atoms with E-state index in [0.717, 1.165) is 21.0 Å². The Bertz CT molecular complexity index is 635. The van der Waals surface area contributed by atoms with Crippen molar-refractivity contribution in [2.45, 2.75) is 0 Å². The van der Waals surface area contributed by atoms with Crippen molar-refractivity contribution in [1.29, 1.82) is 0 Å². The van der Waals surface area contributed by atoms with Crippen LogP contribution in [0, 0.1) is 6.07 Å². The average molecular weight is 406 g/mol. The van der Waals surface area contributed by atoms with E-state index in [1.165, 1.54) is 0 Å². The molecule has 3 rings (SSSR count). The zero-order valence-corrected chi connectivity index (χ0v) is 11.7. The fraction of sp³-hybridized carbons (Fsp3) is 0.0833. The average Bonchev–Trinajstić information content (AvgIpc) is 2.72. The Hall–Kier alpha value is -0.961. The van der Waals surface area contributed by atoms with Crippen LogP contribution in [0.5, 0.6) is 5.19 Å². The van der Waals surface area contributed by atoms with Gasteiger partial charge in [0.05, 0.1) is 7.11 Å². The Kier molecular flexibility index (Phi) is 3.24. The molecular weight excluding hydrogens is 398 g/mol. The molecule has 16 heavy (non-hydrogen) atoms. The maximum absolute atomic E-state index is 5.14. The van der Waals surface area contributed by atoms with E-state index in [1.807, 2.05) is 12.1 Å². The van der Waals surface area contributed by atoms with Crippen molar-refractivity contribution in [3.63, 3.8) is 0 Å². The van der Waals surface area contributed by atoms with Crippen molar-refractivity contribution in [2.24, 2.45) is 0 Å². The molecule has 1 aromatic heterocycles. The minimum absolute atomic E-state index is 0. The van der Waals surface area contributed by atoms with Crippen LogP contribution in [0.25, 0.3) is 21.0 Å². The van der Waals surface area contributed by atoms with Crippen molar-refractivity contribution in [1.82, 2.24) is 4.98 Å². The third kappa shape index (κ3) is 1.73. The number of thiazole rings is 1. The van der Waals surface area contributed by atoms with Crippen LogP contribution >= 0.6 is 11.3 Å². The van der Waals surface area contributed by atoms with E-state index in [4.69, 9.17) is 4.74 Å². The standard InChI is InChI=1S/C12H8NOS.Ir/c1-14-12-13-11-9-5-3-2-4-8(9)6-7-10(11)15-12;/h2-4,6-7H,1H3;/q-1;. The molecule has 0 aliphatic heterocycles. The Morgan fingerprint density at radius 2 is 2.19 bits per heavy atom. The summed E-state index contributed by atoms with van der Waals surface area (Å²) < 4.78 is 6.28. The molecule has 2 nitrogen and oxygen atoms in total. The minimum atomic E-state index is 0. The van der Waals surface area contributed by atoms with Gasteiger partial charge in [-0.1, -0.05) is 23.5 Å². The van der Waals surface area contributed by atoms with Crippen molar-refractivity contribution in [2.75, 3.05) is 7.11 Å². The fourth-order valence-electron chi connectivity index (χ4n) is 1.65. The summed E-state index contributed by atoms with van der Waals surface area (Å²) in [5, 5.41) is 2.93. The van der Waals surface area contributed by atoms with Crippen LogP contribution in [0.1, 0.15) is 0 Å². The first-order chi connectivity index (χ1) is 7.38. The second-order valence-corrected chi connectivity index (χ2v) is 4.22. The number of benzene rings is 2. The quantitative estimate of drug-likeness (QED) is 0.579. The molecule has 0 bridgehead atoms. The van der Waals surface area contributed by atoms with Crippen molar-refractivity contribution in [3.05, 3.63) is 36.4 Å². The zero-order chi connectivity index (χ0) is 10.3. The molecule has 0 atom stereocenters. The topological polar surface area (TPSA) is 22.1 Å². The van der Waals surface area contributed by atoms with E-state index in [0.29, 0.717) is 5.19 Å². The molecule has 0 saturated carbocycles. The number of fused-ring (bicyclic) bond motifs is 3. The number of aromatic nitrogens is 1. The second kappa shape index (κ2) is 4.50. The predicted octanol–water partition coefficient (Wildman–Crippen LogP) is 3.26. The molecule has 0 aliphatic carbocycles. The zero-order valence-electron chi connectivity index (χ0n) is 8.48. The fourth-order valence-corrected chi connectivity index (χ4v) is 2.44. The predicted molar refractivity (Wildman–Crippen MR) is 62.5 cm³/mol. The molecule has 83 valence electrons. The monoisotopic (exact) mass is 407 g/mol. The number of nitrogens with zero attached hydrogens (tertiary/aromatic N) is 1. The molecule has 1 radical (unpaired) electrons. The molecule has 0 spiro atoms. The van der Waals surface area contributed by atoms with Crippen molar-refractivity contribution >= 4 is 32.3 Å². The van der Waals surface area contributed by atoms with E-state index in [9.17, 15) is 0 Å². The van der Waals surface area contributed by atoms with E-state index < -0.39 is 0 Å². The molecule has 3 aromatic rings. The molecule has 0 saturated heterocycles. The molecule has 2 aromatic carbocycles. The summed E-state index contributed by atoms with van der Waals surface area (Å²) >= 11 is 1.56. The Labute approximate surface area is 111 Å². The van der Waals surface area contributed by atoms with E-state index in [-0.39, 0.29) is 20.1 Å². The number of rotatable bonds is 1. The summed E-state index contributed by atoms with van der Waals surface area (Å²) in [5.41, 5.74) is 0.981. The number of hydrogen-bond donors (Lipinski definition) is 0. The molecule has 0 fully saturated rings. The maximum Gasteiger partial charge on any atom is 0.263 e. The SMILES string of the molecule is COc1nc2c(ccc3ccc[c-]c32)s1.[Ir]. The molecule has 0 amide bonds. The molecule has 0 N–H and O–H groups in total. The smallest absolute Gasteiger partial charge is 0.263 e. The van der Waals surface area contributed by atoms with Crippen LogP contribution in [-0.4, -0.2) is 12.1 Å². The first kappa shape index (κ1) is 11.5. The van der Waals surface area contributed by atoms with Crippen LogP contribution in [0.4, 0.5) is 0 Å². The summed E-state index contributed by atoms with van der Waals surface area (Å²) in [6, 6.07) is 13.3. The van der Waals surface area contributed by atoms with Crippen LogP contribution in [0.2, 0.25) is 0 Å². The first-order valence-electron chi connectivity index (χ1n) is 4.62. The number of methoxy groups -OCH3 is 1. The second-order valence-electron chi connectivity index (χ2n) is 3.23. The Balaban J connectivity index is 0.000000963. The van der Waals surface area contributed by atoms with Gasteiger partial charge in [0, 0.05) is 30.3 Å². The summed E-state index contributed by atoms with van der Waals surface area (Å²) in [5.74, 6) is 0. The van der Waals surface area contributed by atoms with Crippen LogP contribution in [0.15, 0.2) is 30.3 Å². The molecule has 0 aliphatic rings. The van der Waals surface area contributed by atoms with E-state index in [2.05, 4.69) is 29.2 Å². The van der Waals surface area contributed by atoms with Gasteiger partial charge in [-0.15, -0.1) is 35.0 Å². The van der Waals surface area contributed by atoms with Crippen LogP contribution < -0.4 is 4.74 Å². The molecule has 1 heterocycles. The maximum atomic E-state index is 5.14. The van der Waals surface area contributed by atoms with E-state index in [1.54, 1.807) is 18.4 Å². The molecule has 4 heteroatoms. The van der Waals surface area contributed by atoms with Gasteiger partial charge in [0.1, 0.15) is 0 Å². The minimum Gasteiger partial charge on any atom is -0.474 e. The van der Waals surface area contributed by atoms with Gasteiger partial charge in [0.2, 0.25) is 0 Å². The van der Waals surface area contributed by atoms with E-state index >= 15 is 0 Å². The van der Waals surface area contributed by atoms with Gasteiger partial charge in [-0.3, -0.25) is 4.98 Å². The third-order valence-corrected chi connectivity index (χ3v) is 3.33. The third-order valence-electron chi connectivity index (χ3n) is 2.35. The summed E-state index contributed by atoms with van der Waals surface area (Å²) in [4.78, 5) is 4.42. The van der Waals surface area contributed by atoms with Gasteiger partial charge in [0.15, 0.2) is 0 Å². The van der Waals surface area contributed by atoms with Gasteiger partial charge < -0.3 is 4.74 Å².